The lowest BCUT2D eigenvalue weighted by atomic mass is 10.1. The van der Waals surface area contributed by atoms with Gasteiger partial charge in [-0.25, -0.2) is 4.57 Å². The van der Waals surface area contributed by atoms with Gasteiger partial charge in [0, 0.05) is 12.8 Å². The van der Waals surface area contributed by atoms with E-state index in [1.807, 2.05) is 36.5 Å². The Kier molecular flexibility index (Phi) is 36.9. The Hall–Kier alpha value is -2.89. The minimum absolute atomic E-state index is 0.106. The first-order chi connectivity index (χ1) is 27.1. The third kappa shape index (κ3) is 38.0. The van der Waals surface area contributed by atoms with Gasteiger partial charge in [0.2, 0.25) is 0 Å². The molecule has 0 aromatic carbocycles. The van der Waals surface area contributed by atoms with Crippen molar-refractivity contribution >= 4 is 19.8 Å². The Morgan fingerprint density at radius 1 is 0.607 bits per heavy atom. The zero-order valence-electron chi connectivity index (χ0n) is 34.2. The maximum atomic E-state index is 12.6. The van der Waals surface area contributed by atoms with Crippen LogP contribution in [-0.2, 0) is 32.7 Å². The highest BCUT2D eigenvalue weighted by Gasteiger charge is 2.27. The van der Waals surface area contributed by atoms with E-state index in [4.69, 9.17) is 19.1 Å². The third-order valence-electron chi connectivity index (χ3n) is 8.10. The first kappa shape index (κ1) is 53.1. The van der Waals surface area contributed by atoms with E-state index in [1.54, 1.807) is 6.08 Å². The molecule has 0 saturated heterocycles. The summed E-state index contributed by atoms with van der Waals surface area (Å²) >= 11 is 0. The normalized spacial score (nSPS) is 15.3. The van der Waals surface area contributed by atoms with E-state index in [1.165, 1.54) is 38.5 Å². The molecule has 1 unspecified atom stereocenters. The number of phosphoric ester groups is 1. The maximum Gasteiger partial charge on any atom is 0.472 e. The zero-order chi connectivity index (χ0) is 41.4. The summed E-state index contributed by atoms with van der Waals surface area (Å²) < 4.78 is 32.5. The van der Waals surface area contributed by atoms with E-state index in [-0.39, 0.29) is 19.4 Å². The van der Waals surface area contributed by atoms with Crippen LogP contribution in [0.3, 0.4) is 0 Å². The van der Waals surface area contributed by atoms with E-state index in [9.17, 15) is 29.3 Å². The highest BCUT2D eigenvalue weighted by Crippen LogP contribution is 2.43. The molecule has 320 valence electrons. The lowest BCUT2D eigenvalue weighted by molar-refractivity contribution is -0.161. The van der Waals surface area contributed by atoms with E-state index in [2.05, 4.69) is 60.9 Å². The van der Waals surface area contributed by atoms with E-state index >= 15 is 0 Å². The Morgan fingerprint density at radius 3 is 1.73 bits per heavy atom. The summed E-state index contributed by atoms with van der Waals surface area (Å²) in [6.45, 7) is 2.09. The Bertz CT molecular complexity index is 1220. The minimum atomic E-state index is -4.66. The fourth-order valence-corrected chi connectivity index (χ4v) is 5.62. The second-order valence-electron chi connectivity index (χ2n) is 13.5. The van der Waals surface area contributed by atoms with Crippen molar-refractivity contribution in [1.82, 2.24) is 0 Å². The summed E-state index contributed by atoms with van der Waals surface area (Å²) in [5.41, 5.74) is 0. The number of hydrogen-bond donors (Lipinski definition) is 4. The van der Waals surface area contributed by atoms with Crippen LogP contribution in [0.25, 0.3) is 0 Å². The van der Waals surface area contributed by atoms with E-state index in [0.29, 0.717) is 32.1 Å². The average molecular weight is 809 g/mol. The summed E-state index contributed by atoms with van der Waals surface area (Å²) in [5.74, 6) is -1.09. The monoisotopic (exact) mass is 808 g/mol. The molecule has 0 heterocycles. The molecule has 0 saturated carbocycles. The van der Waals surface area contributed by atoms with Gasteiger partial charge in [-0.05, 0) is 83.5 Å². The highest BCUT2D eigenvalue weighted by molar-refractivity contribution is 7.47. The summed E-state index contributed by atoms with van der Waals surface area (Å²) in [4.78, 5) is 34.9. The van der Waals surface area contributed by atoms with Gasteiger partial charge in [-0.2, -0.15) is 0 Å². The van der Waals surface area contributed by atoms with Gasteiger partial charge in [0.1, 0.15) is 12.7 Å². The number of phosphoric acid groups is 1. The summed E-state index contributed by atoms with van der Waals surface area (Å²) in [7, 11) is -4.66. The van der Waals surface area contributed by atoms with E-state index < -0.39 is 57.9 Å². The van der Waals surface area contributed by atoms with Crippen LogP contribution in [0.5, 0.6) is 0 Å². The van der Waals surface area contributed by atoms with Crippen molar-refractivity contribution in [3.63, 3.8) is 0 Å². The average Bonchev–Trinajstić information content (AvgIpc) is 3.18. The van der Waals surface area contributed by atoms with Crippen LogP contribution in [0.1, 0.15) is 136 Å². The molecule has 0 spiro atoms. The number of esters is 2. The molecule has 4 N–H and O–H groups in total. The second kappa shape index (κ2) is 39.0. The Morgan fingerprint density at radius 2 is 1.12 bits per heavy atom. The second-order valence-corrected chi connectivity index (χ2v) is 15.0. The number of allylic oxidation sites excluding steroid dienone is 12. The van der Waals surface area contributed by atoms with Crippen molar-refractivity contribution in [2.24, 2.45) is 0 Å². The molecule has 11 nitrogen and oxygen atoms in total. The molecule has 0 aromatic rings. The fraction of sp³-hybridized carbons (Fsp3) is 0.636. The number of rotatable bonds is 37. The predicted molar refractivity (Wildman–Crippen MR) is 225 cm³/mol. The zero-order valence-corrected chi connectivity index (χ0v) is 35.1. The minimum Gasteiger partial charge on any atom is -0.462 e. The quantitative estimate of drug-likeness (QED) is 0.0155. The molecule has 0 aromatic heterocycles. The summed E-state index contributed by atoms with van der Waals surface area (Å²) in [6.07, 6.45) is 41.5. The molecule has 0 aliphatic heterocycles. The molecule has 56 heavy (non-hydrogen) atoms. The Labute approximate surface area is 337 Å². The molecular formula is C44H73O11P. The van der Waals surface area contributed by atoms with Gasteiger partial charge in [-0.1, -0.05) is 125 Å². The highest BCUT2D eigenvalue weighted by atomic mass is 31.2. The molecule has 0 fully saturated rings. The largest absolute Gasteiger partial charge is 0.472 e. The van der Waals surface area contributed by atoms with Crippen LogP contribution in [0.15, 0.2) is 85.1 Å². The Balaban J connectivity index is 4.57. The first-order valence-corrected chi connectivity index (χ1v) is 22.1. The van der Waals surface area contributed by atoms with Crippen molar-refractivity contribution < 1.29 is 52.9 Å². The van der Waals surface area contributed by atoms with Crippen LogP contribution < -0.4 is 0 Å². The van der Waals surface area contributed by atoms with Crippen molar-refractivity contribution in [1.29, 1.82) is 0 Å². The van der Waals surface area contributed by atoms with Gasteiger partial charge in [-0.3, -0.25) is 18.6 Å². The SMILES string of the molecule is CCCCC/C=C\C=C/[C@@H](O)C/C=C\C/C=C/CCCC(=O)OC[C@H](COP(=O)(O)OC[C@@H](O)CO)OC(=O)CCCC/C=C\C/C=C\C/C=C\CCCCC. The van der Waals surface area contributed by atoms with Gasteiger partial charge < -0.3 is 29.7 Å². The number of aliphatic hydroxyl groups excluding tert-OH is 3. The molecule has 0 aliphatic rings. The maximum absolute atomic E-state index is 12.6. The van der Waals surface area contributed by atoms with Crippen LogP contribution >= 0.6 is 7.82 Å². The molecular weight excluding hydrogens is 735 g/mol. The number of carbonyl (C=O) groups excluding carboxylic acids is 2. The standard InChI is InChI=1S/C44H73O11P/c1-3-5-7-9-11-12-13-14-15-16-17-18-22-27-31-35-44(49)55-42(39-54-56(50,51)53-37-41(47)36-45)38-52-43(48)34-30-26-23-19-21-25-29-33-40(46)32-28-24-20-10-8-6-4-2/h11-12,14-15,17-20,23-25,28-29,32,40-42,45-47H,3-10,13,16,21-22,26-27,30-31,33-39H2,1-2H3,(H,50,51)/b12-11-,15-14-,18-17-,23-19+,24-20-,29-25-,32-28-/t40-,41+,42-/m1/s1. The van der Waals surface area contributed by atoms with Gasteiger partial charge in [0.05, 0.1) is 25.9 Å². The molecule has 4 atom stereocenters. The van der Waals surface area contributed by atoms with Gasteiger partial charge >= 0.3 is 19.8 Å². The lowest BCUT2D eigenvalue weighted by Gasteiger charge is -2.20. The summed E-state index contributed by atoms with van der Waals surface area (Å²) in [6, 6.07) is 0. The van der Waals surface area contributed by atoms with Crippen molar-refractivity contribution in [3.8, 4) is 0 Å². The number of ether oxygens (including phenoxy) is 2. The number of aliphatic hydroxyl groups is 3. The number of unbranched alkanes of at least 4 members (excludes halogenated alkanes) is 9. The van der Waals surface area contributed by atoms with Crippen molar-refractivity contribution in [3.05, 3.63) is 85.1 Å². The molecule has 12 heteroatoms. The van der Waals surface area contributed by atoms with Gasteiger partial charge in [-0.15, -0.1) is 0 Å². The third-order valence-corrected chi connectivity index (χ3v) is 9.05. The fourth-order valence-electron chi connectivity index (χ4n) is 4.83. The molecule has 0 radical (unpaired) electrons. The lowest BCUT2D eigenvalue weighted by Crippen LogP contribution is -2.29. The molecule has 0 amide bonds. The predicted octanol–water partition coefficient (Wildman–Crippen LogP) is 9.63. The number of hydrogen-bond acceptors (Lipinski definition) is 10. The van der Waals surface area contributed by atoms with Crippen LogP contribution in [-0.4, -0.2) is 76.9 Å². The van der Waals surface area contributed by atoms with Crippen molar-refractivity contribution in [2.45, 2.75) is 154 Å². The molecule has 0 aliphatic carbocycles. The van der Waals surface area contributed by atoms with E-state index in [0.717, 1.165) is 38.5 Å². The van der Waals surface area contributed by atoms with Crippen molar-refractivity contribution in [2.75, 3.05) is 26.4 Å². The van der Waals surface area contributed by atoms with Crippen LogP contribution in [0.2, 0.25) is 0 Å². The molecule has 0 bridgehead atoms. The van der Waals surface area contributed by atoms with Crippen LogP contribution in [0, 0.1) is 0 Å². The number of carbonyl (C=O) groups is 2. The first-order valence-electron chi connectivity index (χ1n) is 20.7. The van der Waals surface area contributed by atoms with Gasteiger partial charge in [0.15, 0.2) is 6.10 Å². The smallest absolute Gasteiger partial charge is 0.462 e. The van der Waals surface area contributed by atoms with Gasteiger partial charge in [0.25, 0.3) is 0 Å². The topological polar surface area (TPSA) is 169 Å². The molecule has 0 rings (SSSR count). The summed E-state index contributed by atoms with van der Waals surface area (Å²) in [5, 5.41) is 28.4. The van der Waals surface area contributed by atoms with Crippen LogP contribution in [0.4, 0.5) is 0 Å².